The summed E-state index contributed by atoms with van der Waals surface area (Å²) in [5.74, 6) is -7.15. The summed E-state index contributed by atoms with van der Waals surface area (Å²) in [5, 5.41) is 0. The van der Waals surface area contributed by atoms with E-state index in [9.17, 15) is 33.6 Å². The predicted molar refractivity (Wildman–Crippen MR) is 156 cm³/mol. The van der Waals surface area contributed by atoms with Crippen LogP contribution in [0.15, 0.2) is 36.4 Å². The largest absolute Gasteiger partial charge is 0.381 e. The van der Waals surface area contributed by atoms with E-state index in [4.69, 9.17) is 9.47 Å². The maximum atomic E-state index is 13.5. The maximum Gasteiger partial charge on any atom is 0.193 e. The second-order valence-corrected chi connectivity index (χ2v) is 12.4. The van der Waals surface area contributed by atoms with Crippen molar-refractivity contribution in [1.29, 1.82) is 0 Å². The van der Waals surface area contributed by atoms with Crippen molar-refractivity contribution >= 4 is 40.5 Å². The Morgan fingerprint density at radius 1 is 0.523 bits per heavy atom. The van der Waals surface area contributed by atoms with Gasteiger partial charge in [-0.25, -0.2) is 0 Å². The van der Waals surface area contributed by atoms with Gasteiger partial charge in [0.15, 0.2) is 40.5 Å². The third kappa shape index (κ3) is 5.02. The molecule has 9 heteroatoms. The van der Waals surface area contributed by atoms with E-state index in [1.165, 1.54) is 36.4 Å². The van der Waals surface area contributed by atoms with Gasteiger partial charge in [-0.1, -0.05) is 12.1 Å². The van der Waals surface area contributed by atoms with Gasteiger partial charge < -0.3 is 9.47 Å². The Kier molecular flexibility index (Phi) is 8.11. The van der Waals surface area contributed by atoms with Gasteiger partial charge in [0, 0.05) is 59.4 Å². The van der Waals surface area contributed by atoms with Crippen LogP contribution in [0.25, 0.3) is 0 Å². The molecule has 0 heterocycles. The zero-order valence-electron chi connectivity index (χ0n) is 24.8. The van der Waals surface area contributed by atoms with E-state index in [1.54, 1.807) is 14.2 Å². The molecule has 0 N–H and O–H groups in total. The lowest BCUT2D eigenvalue weighted by Gasteiger charge is -2.27. The van der Waals surface area contributed by atoms with Crippen molar-refractivity contribution in [3.8, 4) is 0 Å². The van der Waals surface area contributed by atoms with E-state index in [2.05, 4.69) is 0 Å². The summed E-state index contributed by atoms with van der Waals surface area (Å²) in [5.41, 5.74) is 0.519. The van der Waals surface area contributed by atoms with Crippen LogP contribution in [0.3, 0.4) is 0 Å². The van der Waals surface area contributed by atoms with Crippen LogP contribution in [-0.2, 0) is 19.1 Å². The number of carbonyl (C=O) groups excluding carboxylic acids is 7. The lowest BCUT2D eigenvalue weighted by atomic mass is 9.79. The van der Waals surface area contributed by atoms with Crippen LogP contribution in [-0.4, -0.2) is 66.9 Å². The molecule has 4 aliphatic carbocycles. The molecule has 0 spiro atoms. The topological polar surface area (TPSA) is 138 Å². The number of ketones is 7. The van der Waals surface area contributed by atoms with Crippen molar-refractivity contribution in [3.63, 3.8) is 0 Å². The summed E-state index contributed by atoms with van der Waals surface area (Å²) in [6.45, 7) is 0. The molecule has 0 saturated heterocycles. The van der Waals surface area contributed by atoms with Gasteiger partial charge in [0.2, 0.25) is 0 Å². The van der Waals surface area contributed by atoms with E-state index < -0.39 is 52.6 Å². The molecule has 2 saturated carbocycles. The van der Waals surface area contributed by atoms with Gasteiger partial charge in [-0.05, 0) is 75.6 Å². The van der Waals surface area contributed by atoms with Crippen molar-refractivity contribution in [2.24, 2.45) is 23.7 Å². The predicted octanol–water partition coefficient (Wildman–Crippen LogP) is 4.46. The number of ether oxygens (including phenoxy) is 2. The molecule has 4 aliphatic rings. The summed E-state index contributed by atoms with van der Waals surface area (Å²) in [6.07, 6.45) is 5.09. The summed E-state index contributed by atoms with van der Waals surface area (Å²) >= 11 is 0. The Labute approximate surface area is 254 Å². The molecule has 2 atom stereocenters. The van der Waals surface area contributed by atoms with Gasteiger partial charge in [0.1, 0.15) is 11.8 Å². The van der Waals surface area contributed by atoms with Crippen molar-refractivity contribution in [3.05, 3.63) is 69.8 Å². The van der Waals surface area contributed by atoms with E-state index in [0.717, 1.165) is 0 Å². The van der Waals surface area contributed by atoms with Gasteiger partial charge >= 0.3 is 0 Å². The van der Waals surface area contributed by atoms with Crippen LogP contribution in [0.2, 0.25) is 0 Å². The number of benzene rings is 2. The molecular weight excluding hydrogens is 564 g/mol. The SMILES string of the molecule is COC1CCC(C(=O)C2C(=O)c3ccc(C(=O)c4ccc5c(c4)C(=O)C(C(=O)C4CCC(OC)CC4)C5=O)cc3C2=O)CC1. The molecule has 2 aromatic carbocycles. The lowest BCUT2D eigenvalue weighted by Crippen LogP contribution is -2.34. The van der Waals surface area contributed by atoms with Gasteiger partial charge in [0.25, 0.3) is 0 Å². The zero-order valence-corrected chi connectivity index (χ0v) is 24.8. The number of hydrogen-bond acceptors (Lipinski definition) is 9. The molecule has 2 fully saturated rings. The van der Waals surface area contributed by atoms with Crippen LogP contribution < -0.4 is 0 Å². The molecule has 0 amide bonds. The lowest BCUT2D eigenvalue weighted by molar-refractivity contribution is -0.126. The molecule has 0 aromatic heterocycles. The quantitative estimate of drug-likeness (QED) is 0.318. The Morgan fingerprint density at radius 2 is 0.864 bits per heavy atom. The Morgan fingerprint density at radius 3 is 1.20 bits per heavy atom. The third-order valence-electron chi connectivity index (χ3n) is 10.1. The highest BCUT2D eigenvalue weighted by atomic mass is 16.5. The van der Waals surface area contributed by atoms with Gasteiger partial charge in [-0.2, -0.15) is 0 Å². The highest BCUT2D eigenvalue weighted by molar-refractivity contribution is 6.37. The first-order valence-corrected chi connectivity index (χ1v) is 15.3. The van der Waals surface area contributed by atoms with Crippen molar-refractivity contribution in [1.82, 2.24) is 0 Å². The molecule has 9 nitrogen and oxygen atoms in total. The van der Waals surface area contributed by atoms with Crippen LogP contribution in [0, 0.1) is 23.7 Å². The Hall–Kier alpha value is -3.95. The molecule has 0 aliphatic heterocycles. The second kappa shape index (κ2) is 11.9. The van der Waals surface area contributed by atoms with Crippen LogP contribution in [0.1, 0.15) is 109 Å². The number of fused-ring (bicyclic) bond motifs is 2. The summed E-state index contributed by atoms with van der Waals surface area (Å²) in [7, 11) is 3.25. The number of carbonyl (C=O) groups is 7. The van der Waals surface area contributed by atoms with Crippen LogP contribution in [0.5, 0.6) is 0 Å². The summed E-state index contributed by atoms with van der Waals surface area (Å²) in [6, 6.07) is 8.30. The third-order valence-corrected chi connectivity index (χ3v) is 10.1. The number of rotatable bonds is 8. The van der Waals surface area contributed by atoms with Crippen LogP contribution >= 0.6 is 0 Å². The Balaban J connectivity index is 1.19. The number of methoxy groups -OCH3 is 2. The molecule has 44 heavy (non-hydrogen) atoms. The molecule has 228 valence electrons. The van der Waals surface area contributed by atoms with E-state index in [-0.39, 0.29) is 57.2 Å². The molecular formula is C35H34O9. The van der Waals surface area contributed by atoms with Gasteiger partial charge in [-0.3, -0.25) is 33.6 Å². The minimum absolute atomic E-state index is 0.0334. The minimum atomic E-state index is -1.40. The summed E-state index contributed by atoms with van der Waals surface area (Å²) < 4.78 is 10.7. The van der Waals surface area contributed by atoms with Gasteiger partial charge in [-0.15, -0.1) is 0 Å². The van der Waals surface area contributed by atoms with Crippen molar-refractivity contribution in [2.45, 2.75) is 63.6 Å². The number of hydrogen-bond donors (Lipinski definition) is 0. The molecule has 2 aromatic rings. The normalized spacial score (nSPS) is 28.1. The highest BCUT2D eigenvalue weighted by Gasteiger charge is 2.47. The first-order valence-electron chi connectivity index (χ1n) is 15.3. The van der Waals surface area contributed by atoms with E-state index in [1.807, 2.05) is 0 Å². The second-order valence-electron chi connectivity index (χ2n) is 12.4. The minimum Gasteiger partial charge on any atom is -0.381 e. The summed E-state index contributed by atoms with van der Waals surface area (Å²) in [4.78, 5) is 92.9. The monoisotopic (exact) mass is 598 g/mol. The average molecular weight is 599 g/mol. The zero-order chi connectivity index (χ0) is 31.3. The Bertz CT molecular complexity index is 1480. The van der Waals surface area contributed by atoms with Crippen molar-refractivity contribution < 1.29 is 43.0 Å². The molecule has 2 unspecified atom stereocenters. The van der Waals surface area contributed by atoms with E-state index in [0.29, 0.717) is 51.4 Å². The molecule has 0 bridgehead atoms. The standard InChI is InChI=1S/C35H34O9/c1-43-21-9-3-17(4-10-21)30(37)27-32(39)23-13-7-19(15-25(23)34(27)41)29(36)20-8-14-24-26(16-20)35(42)28(33(24)40)31(38)18-5-11-22(44-2)12-6-18/h7-8,13-18,21-22,27-28H,3-6,9-12H2,1-2H3. The average Bonchev–Trinajstić information content (AvgIpc) is 3.46. The first kappa shape index (κ1) is 30.1. The van der Waals surface area contributed by atoms with Crippen molar-refractivity contribution in [2.75, 3.05) is 14.2 Å². The first-order chi connectivity index (χ1) is 21.1. The fourth-order valence-electron chi connectivity index (χ4n) is 7.39. The highest BCUT2D eigenvalue weighted by Crippen LogP contribution is 2.37. The fraction of sp³-hybridized carbons (Fsp3) is 0.457. The fourth-order valence-corrected chi connectivity index (χ4v) is 7.39. The van der Waals surface area contributed by atoms with Gasteiger partial charge in [0.05, 0.1) is 12.2 Å². The van der Waals surface area contributed by atoms with E-state index >= 15 is 0 Å². The smallest absolute Gasteiger partial charge is 0.193 e. The maximum absolute atomic E-state index is 13.5. The molecule has 0 radical (unpaired) electrons. The number of Topliss-reactive ketones (excluding diaryl/α,β-unsaturated/α-hetero) is 6. The molecule has 6 rings (SSSR count). The van der Waals surface area contributed by atoms with Crippen LogP contribution in [0.4, 0.5) is 0 Å².